The van der Waals surface area contributed by atoms with Crippen molar-refractivity contribution in [3.63, 3.8) is 0 Å². The lowest BCUT2D eigenvalue weighted by Crippen LogP contribution is -2.20. The Morgan fingerprint density at radius 3 is 3.07 bits per heavy atom. The molecule has 0 saturated carbocycles. The number of aryl methyl sites for hydroxylation is 2. The van der Waals surface area contributed by atoms with Gasteiger partial charge < -0.3 is 9.15 Å². The third kappa shape index (κ3) is 3.73. The lowest BCUT2D eigenvalue weighted by molar-refractivity contribution is -0.118. The number of thiazole rings is 1. The zero-order chi connectivity index (χ0) is 19.6. The molecule has 0 bridgehead atoms. The Hall–Kier alpha value is -3.19. The van der Waals surface area contributed by atoms with E-state index in [0.717, 1.165) is 40.8 Å². The van der Waals surface area contributed by atoms with Crippen LogP contribution in [0, 0.1) is 0 Å². The Bertz CT molecular complexity index is 1170. The number of hydrogen-bond donors (Lipinski definition) is 1. The van der Waals surface area contributed by atoms with Crippen LogP contribution in [0.4, 0.5) is 5.13 Å². The predicted octanol–water partition coefficient (Wildman–Crippen LogP) is 4.85. The van der Waals surface area contributed by atoms with Gasteiger partial charge in [0.1, 0.15) is 17.1 Å². The van der Waals surface area contributed by atoms with Crippen LogP contribution in [-0.4, -0.2) is 22.5 Å². The second-order valence-electron chi connectivity index (χ2n) is 6.99. The molecule has 6 nitrogen and oxygen atoms in total. The first-order valence-electron chi connectivity index (χ1n) is 9.59. The number of fused-ring (bicyclic) bond motifs is 3. The minimum absolute atomic E-state index is 0.0760. The molecule has 0 spiro atoms. The van der Waals surface area contributed by atoms with Gasteiger partial charge in [0.05, 0.1) is 5.69 Å². The quantitative estimate of drug-likeness (QED) is 0.514. The summed E-state index contributed by atoms with van der Waals surface area (Å²) in [7, 11) is 0. The number of ether oxygens (including phenoxy) is 1. The maximum atomic E-state index is 12.3. The van der Waals surface area contributed by atoms with E-state index < -0.39 is 0 Å². The van der Waals surface area contributed by atoms with E-state index in [-0.39, 0.29) is 12.5 Å². The van der Waals surface area contributed by atoms with Crippen molar-refractivity contribution in [3.05, 3.63) is 59.4 Å². The topological polar surface area (TPSA) is 77.2 Å². The maximum absolute atomic E-state index is 12.3. The van der Waals surface area contributed by atoms with Gasteiger partial charge in [-0.15, -0.1) is 11.3 Å². The van der Waals surface area contributed by atoms with Crippen molar-refractivity contribution < 1.29 is 13.9 Å². The zero-order valence-corrected chi connectivity index (χ0v) is 16.5. The molecule has 29 heavy (non-hydrogen) atoms. The van der Waals surface area contributed by atoms with Crippen LogP contribution in [-0.2, 0) is 17.6 Å². The highest BCUT2D eigenvalue weighted by molar-refractivity contribution is 7.14. The van der Waals surface area contributed by atoms with E-state index in [1.807, 2.05) is 35.7 Å². The summed E-state index contributed by atoms with van der Waals surface area (Å²) in [6.07, 6.45) is 7.85. The summed E-state index contributed by atoms with van der Waals surface area (Å²) in [4.78, 5) is 20.8. The Kier molecular flexibility index (Phi) is 4.73. The van der Waals surface area contributed by atoms with Crippen molar-refractivity contribution in [3.8, 4) is 17.0 Å². The monoisotopic (exact) mass is 405 g/mol. The van der Waals surface area contributed by atoms with E-state index >= 15 is 0 Å². The molecule has 3 heterocycles. The first-order chi connectivity index (χ1) is 14.3. The molecule has 146 valence electrons. The molecule has 5 rings (SSSR count). The summed E-state index contributed by atoms with van der Waals surface area (Å²) in [6, 6.07) is 9.52. The fraction of sp³-hybridized carbons (Fsp3) is 0.227. The van der Waals surface area contributed by atoms with Gasteiger partial charge in [-0.2, -0.15) is 0 Å². The molecule has 1 amide bonds. The molecule has 1 aliphatic carbocycles. The van der Waals surface area contributed by atoms with Crippen LogP contribution in [0.5, 0.6) is 5.75 Å². The smallest absolute Gasteiger partial charge is 0.264 e. The van der Waals surface area contributed by atoms with Gasteiger partial charge in [-0.3, -0.25) is 15.1 Å². The number of carbonyl (C=O) groups excluding carboxylic acids is 1. The van der Waals surface area contributed by atoms with Crippen molar-refractivity contribution in [1.29, 1.82) is 0 Å². The Morgan fingerprint density at radius 2 is 2.17 bits per heavy atom. The number of rotatable bonds is 5. The van der Waals surface area contributed by atoms with Crippen LogP contribution >= 0.6 is 11.3 Å². The number of carbonyl (C=O) groups is 1. The molecular formula is C22H19N3O3S. The second kappa shape index (κ2) is 7.67. The zero-order valence-electron chi connectivity index (χ0n) is 15.7. The predicted molar refractivity (Wildman–Crippen MR) is 112 cm³/mol. The molecule has 3 aromatic heterocycles. The number of nitrogens with zero attached hydrogens (tertiary/aromatic N) is 2. The molecule has 1 N–H and O–H groups in total. The van der Waals surface area contributed by atoms with E-state index in [4.69, 9.17) is 9.15 Å². The Labute approximate surface area is 171 Å². The van der Waals surface area contributed by atoms with Gasteiger partial charge in [0.25, 0.3) is 5.91 Å². The number of pyridine rings is 1. The van der Waals surface area contributed by atoms with Crippen LogP contribution < -0.4 is 10.1 Å². The Balaban J connectivity index is 1.23. The lowest BCUT2D eigenvalue weighted by atomic mass is 9.96. The summed E-state index contributed by atoms with van der Waals surface area (Å²) in [5, 5.41) is 6.32. The Morgan fingerprint density at radius 1 is 1.24 bits per heavy atom. The number of nitrogens with one attached hydrogen (secondary N) is 1. The molecular weight excluding hydrogens is 386 g/mol. The molecule has 0 saturated heterocycles. The summed E-state index contributed by atoms with van der Waals surface area (Å²) in [5.74, 6) is 1.51. The van der Waals surface area contributed by atoms with E-state index in [9.17, 15) is 4.79 Å². The molecule has 1 aliphatic rings. The van der Waals surface area contributed by atoms with Crippen molar-refractivity contribution in [2.75, 3.05) is 11.9 Å². The third-order valence-corrected chi connectivity index (χ3v) is 5.76. The average molecular weight is 405 g/mol. The first kappa shape index (κ1) is 17.9. The molecule has 0 aliphatic heterocycles. The van der Waals surface area contributed by atoms with E-state index in [0.29, 0.717) is 10.9 Å². The highest BCUT2D eigenvalue weighted by Crippen LogP contribution is 2.34. The highest BCUT2D eigenvalue weighted by atomic mass is 32.1. The van der Waals surface area contributed by atoms with Crippen molar-refractivity contribution in [2.24, 2.45) is 0 Å². The van der Waals surface area contributed by atoms with Gasteiger partial charge in [-0.25, -0.2) is 4.98 Å². The first-order valence-corrected chi connectivity index (χ1v) is 10.5. The minimum Gasteiger partial charge on any atom is -0.484 e. The molecule has 0 radical (unpaired) electrons. The summed E-state index contributed by atoms with van der Waals surface area (Å²) in [5.41, 5.74) is 3.87. The standard InChI is InChI=1S/C22H19N3O3S/c26-21(25-22-24-18(13-29-22)14-4-3-9-23-11-14)12-27-15-7-8-20-17(10-15)16-5-1-2-6-19(16)28-20/h3-4,7-11,13H,1-2,5-6,12H2,(H,24,25,26). The van der Waals surface area contributed by atoms with Crippen LogP contribution in [0.1, 0.15) is 24.2 Å². The minimum atomic E-state index is -0.244. The molecule has 7 heteroatoms. The molecule has 4 aromatic rings. The molecule has 1 aromatic carbocycles. The number of anilines is 1. The van der Waals surface area contributed by atoms with Gasteiger partial charge >= 0.3 is 0 Å². The largest absolute Gasteiger partial charge is 0.484 e. The van der Waals surface area contributed by atoms with Crippen LogP contribution in [0.2, 0.25) is 0 Å². The van der Waals surface area contributed by atoms with Gasteiger partial charge in [0.15, 0.2) is 11.7 Å². The second-order valence-corrected chi connectivity index (χ2v) is 7.84. The number of benzene rings is 1. The summed E-state index contributed by atoms with van der Waals surface area (Å²) >= 11 is 1.37. The van der Waals surface area contributed by atoms with Crippen molar-refractivity contribution >= 4 is 33.3 Å². The van der Waals surface area contributed by atoms with Gasteiger partial charge in [0, 0.05) is 40.7 Å². The van der Waals surface area contributed by atoms with E-state index in [1.54, 1.807) is 12.4 Å². The third-order valence-electron chi connectivity index (χ3n) is 5.00. The van der Waals surface area contributed by atoms with Crippen LogP contribution in [0.25, 0.3) is 22.2 Å². The normalized spacial score (nSPS) is 13.2. The summed E-state index contributed by atoms with van der Waals surface area (Å²) in [6.45, 7) is -0.0760. The average Bonchev–Trinajstić information content (AvgIpc) is 3.37. The van der Waals surface area contributed by atoms with Crippen molar-refractivity contribution in [1.82, 2.24) is 9.97 Å². The fourth-order valence-corrected chi connectivity index (χ4v) is 4.35. The van der Waals surface area contributed by atoms with Crippen molar-refractivity contribution in [2.45, 2.75) is 25.7 Å². The highest BCUT2D eigenvalue weighted by Gasteiger charge is 2.18. The lowest BCUT2D eigenvalue weighted by Gasteiger charge is -2.09. The van der Waals surface area contributed by atoms with Gasteiger partial charge in [-0.1, -0.05) is 0 Å². The number of hydrogen-bond acceptors (Lipinski definition) is 6. The fourth-order valence-electron chi connectivity index (χ4n) is 3.61. The van der Waals surface area contributed by atoms with E-state index in [1.165, 1.54) is 29.7 Å². The molecule has 0 unspecified atom stereocenters. The molecule has 0 fully saturated rings. The maximum Gasteiger partial charge on any atom is 0.264 e. The van der Waals surface area contributed by atoms with Crippen LogP contribution in [0.15, 0.2) is 52.5 Å². The SMILES string of the molecule is O=C(COc1ccc2oc3c(c2c1)CCCC3)Nc1nc(-c2cccnc2)cs1. The van der Waals surface area contributed by atoms with Gasteiger partial charge in [-0.05, 0) is 49.6 Å². The number of furan rings is 1. The van der Waals surface area contributed by atoms with Gasteiger partial charge in [0.2, 0.25) is 0 Å². The summed E-state index contributed by atoms with van der Waals surface area (Å²) < 4.78 is 11.7. The number of amides is 1. The molecule has 0 atom stereocenters. The number of aromatic nitrogens is 2. The van der Waals surface area contributed by atoms with E-state index in [2.05, 4.69) is 15.3 Å². The van der Waals surface area contributed by atoms with Crippen LogP contribution in [0.3, 0.4) is 0 Å².